The Kier molecular flexibility index (Phi) is 5.31. The summed E-state index contributed by atoms with van der Waals surface area (Å²) in [6, 6.07) is 5.56. The molecule has 0 aliphatic carbocycles. The fourth-order valence-corrected chi connectivity index (χ4v) is 4.77. The lowest BCUT2D eigenvalue weighted by molar-refractivity contribution is -0.0804. The van der Waals surface area contributed by atoms with E-state index in [2.05, 4.69) is 4.98 Å². The Morgan fingerprint density at radius 1 is 1.35 bits per heavy atom. The van der Waals surface area contributed by atoms with Gasteiger partial charge in [-0.2, -0.15) is 17.5 Å². The van der Waals surface area contributed by atoms with Gasteiger partial charge in [-0.15, -0.1) is 0 Å². The number of alkyl halides is 3. The van der Waals surface area contributed by atoms with Crippen LogP contribution in [0.2, 0.25) is 0 Å². The lowest BCUT2D eigenvalue weighted by Gasteiger charge is -2.57. The van der Waals surface area contributed by atoms with E-state index in [-0.39, 0.29) is 19.0 Å². The molecular formula is C16H22F3N3O3S. The molecule has 146 valence electrons. The summed E-state index contributed by atoms with van der Waals surface area (Å²) in [5, 5.41) is 0. The number of nitrogens with zero attached hydrogens (tertiary/aromatic N) is 3. The molecule has 6 nitrogen and oxygen atoms in total. The quantitative estimate of drug-likeness (QED) is 0.764. The van der Waals surface area contributed by atoms with E-state index in [0.717, 1.165) is 12.1 Å². The zero-order valence-corrected chi connectivity index (χ0v) is 15.3. The van der Waals surface area contributed by atoms with Crippen LogP contribution in [0.5, 0.6) is 0 Å². The minimum atomic E-state index is -5.24. The predicted octanol–water partition coefficient (Wildman–Crippen LogP) is 1.84. The van der Waals surface area contributed by atoms with Crippen LogP contribution in [0.25, 0.3) is 0 Å². The molecule has 0 radical (unpaired) electrons. The maximum Gasteiger partial charge on any atom is 0.511 e. The topological polar surface area (TPSA) is 62.7 Å². The van der Waals surface area contributed by atoms with Crippen molar-refractivity contribution in [3.8, 4) is 0 Å². The molecule has 0 N–H and O–H groups in total. The SMILES string of the molecule is CN1CCC(COCc2ccccn2)CC12CN(S(=O)(=O)C(F)(F)F)C2. The highest BCUT2D eigenvalue weighted by Crippen LogP contribution is 2.42. The number of piperidine rings is 1. The van der Waals surface area contributed by atoms with Crippen molar-refractivity contribution in [1.82, 2.24) is 14.2 Å². The van der Waals surface area contributed by atoms with Crippen molar-refractivity contribution in [2.24, 2.45) is 5.92 Å². The van der Waals surface area contributed by atoms with Gasteiger partial charge >= 0.3 is 15.5 Å². The van der Waals surface area contributed by atoms with Gasteiger partial charge in [-0.3, -0.25) is 9.88 Å². The van der Waals surface area contributed by atoms with E-state index in [9.17, 15) is 21.6 Å². The number of hydrogen-bond donors (Lipinski definition) is 0. The first-order chi connectivity index (χ1) is 12.1. The molecule has 2 saturated heterocycles. The van der Waals surface area contributed by atoms with Gasteiger partial charge in [0, 0.05) is 24.8 Å². The Hall–Kier alpha value is -1.23. The molecule has 3 heterocycles. The molecular weight excluding hydrogens is 371 g/mol. The van der Waals surface area contributed by atoms with Crippen LogP contribution < -0.4 is 0 Å². The second kappa shape index (κ2) is 7.06. The van der Waals surface area contributed by atoms with Gasteiger partial charge in [0.05, 0.1) is 18.9 Å². The van der Waals surface area contributed by atoms with E-state index in [1.807, 2.05) is 30.1 Å². The zero-order chi connectivity index (χ0) is 19.0. The smallest absolute Gasteiger partial charge is 0.375 e. The molecule has 1 unspecified atom stereocenters. The molecule has 2 aliphatic heterocycles. The summed E-state index contributed by atoms with van der Waals surface area (Å²) in [5.74, 6) is 0.186. The van der Waals surface area contributed by atoms with Crippen LogP contribution in [-0.4, -0.2) is 66.9 Å². The summed E-state index contributed by atoms with van der Waals surface area (Å²) in [7, 11) is -3.41. The zero-order valence-electron chi connectivity index (χ0n) is 14.4. The van der Waals surface area contributed by atoms with Gasteiger partial charge in [0.15, 0.2) is 0 Å². The molecule has 2 fully saturated rings. The number of pyridine rings is 1. The highest BCUT2D eigenvalue weighted by molar-refractivity contribution is 7.90. The van der Waals surface area contributed by atoms with Gasteiger partial charge in [-0.05, 0) is 44.5 Å². The third-order valence-electron chi connectivity index (χ3n) is 5.25. The van der Waals surface area contributed by atoms with Crippen molar-refractivity contribution in [2.45, 2.75) is 30.5 Å². The van der Waals surface area contributed by atoms with Crippen LogP contribution in [0, 0.1) is 5.92 Å². The van der Waals surface area contributed by atoms with Gasteiger partial charge in [-0.25, -0.2) is 8.42 Å². The monoisotopic (exact) mass is 393 g/mol. The molecule has 3 rings (SSSR count). The summed E-state index contributed by atoms with van der Waals surface area (Å²) in [6.45, 7) is 1.33. The number of halogens is 3. The number of sulfonamides is 1. The number of hydrogen-bond acceptors (Lipinski definition) is 5. The first-order valence-corrected chi connectivity index (χ1v) is 9.83. The Labute approximate surface area is 151 Å². The van der Waals surface area contributed by atoms with Crippen LogP contribution in [0.15, 0.2) is 24.4 Å². The summed E-state index contributed by atoms with van der Waals surface area (Å²) >= 11 is 0. The molecule has 1 aromatic rings. The van der Waals surface area contributed by atoms with Crippen molar-refractivity contribution in [3.63, 3.8) is 0 Å². The third-order valence-corrected chi connectivity index (χ3v) is 6.78. The summed E-state index contributed by atoms with van der Waals surface area (Å²) in [4.78, 5) is 6.15. The minimum absolute atomic E-state index is 0.123. The molecule has 0 saturated carbocycles. The highest BCUT2D eigenvalue weighted by Gasteiger charge is 2.60. The van der Waals surface area contributed by atoms with Crippen LogP contribution >= 0.6 is 0 Å². The molecule has 0 aromatic carbocycles. The van der Waals surface area contributed by atoms with E-state index < -0.39 is 21.1 Å². The Balaban J connectivity index is 1.55. The minimum Gasteiger partial charge on any atom is -0.375 e. The van der Waals surface area contributed by atoms with Crippen LogP contribution in [-0.2, 0) is 21.4 Å². The third kappa shape index (κ3) is 3.73. The number of likely N-dealkylation sites (N-methyl/N-ethyl adjacent to an activating group) is 1. The van der Waals surface area contributed by atoms with Gasteiger partial charge in [0.25, 0.3) is 0 Å². The Morgan fingerprint density at radius 2 is 2.08 bits per heavy atom. The number of rotatable bonds is 5. The average molecular weight is 393 g/mol. The Bertz CT molecular complexity index is 721. The second-order valence-corrected chi connectivity index (χ2v) is 8.99. The second-order valence-electron chi connectivity index (χ2n) is 7.06. The van der Waals surface area contributed by atoms with Crippen molar-refractivity contribution < 1.29 is 26.3 Å². The largest absolute Gasteiger partial charge is 0.511 e. The van der Waals surface area contributed by atoms with Gasteiger partial charge in [0.2, 0.25) is 0 Å². The van der Waals surface area contributed by atoms with Crippen LogP contribution in [0.3, 0.4) is 0 Å². The Morgan fingerprint density at radius 3 is 2.69 bits per heavy atom. The average Bonchev–Trinajstić information content (AvgIpc) is 2.54. The van der Waals surface area contributed by atoms with E-state index in [1.54, 1.807) is 6.20 Å². The highest BCUT2D eigenvalue weighted by atomic mass is 32.2. The predicted molar refractivity (Wildman–Crippen MR) is 88.5 cm³/mol. The lowest BCUT2D eigenvalue weighted by Crippen LogP contribution is -2.73. The normalized spacial score (nSPS) is 24.5. The van der Waals surface area contributed by atoms with E-state index in [1.165, 1.54) is 0 Å². The van der Waals surface area contributed by atoms with Crippen molar-refractivity contribution in [3.05, 3.63) is 30.1 Å². The van der Waals surface area contributed by atoms with Gasteiger partial charge in [-0.1, -0.05) is 6.07 Å². The van der Waals surface area contributed by atoms with E-state index in [0.29, 0.717) is 30.5 Å². The molecule has 0 amide bonds. The number of ether oxygens (including phenoxy) is 1. The van der Waals surface area contributed by atoms with Crippen molar-refractivity contribution in [1.29, 1.82) is 0 Å². The molecule has 1 spiro atoms. The summed E-state index contributed by atoms with van der Waals surface area (Å²) in [6.07, 6.45) is 3.18. The van der Waals surface area contributed by atoms with Gasteiger partial charge < -0.3 is 4.74 Å². The van der Waals surface area contributed by atoms with Crippen molar-refractivity contribution in [2.75, 3.05) is 33.3 Å². The maximum absolute atomic E-state index is 12.7. The molecule has 1 atom stereocenters. The molecule has 26 heavy (non-hydrogen) atoms. The lowest BCUT2D eigenvalue weighted by atomic mass is 9.77. The van der Waals surface area contributed by atoms with E-state index in [4.69, 9.17) is 4.74 Å². The number of aromatic nitrogens is 1. The molecule has 10 heteroatoms. The first kappa shape index (κ1) is 19.5. The number of likely N-dealkylation sites (tertiary alicyclic amines) is 1. The standard InChI is InChI=1S/C16H22F3N3O3S/c1-21-7-5-13(9-25-10-14-4-2-3-6-20-14)8-15(21)11-22(12-15)26(23,24)16(17,18)19/h2-4,6,13H,5,7-12H2,1H3. The van der Waals surface area contributed by atoms with Gasteiger partial charge in [0.1, 0.15) is 0 Å². The fraction of sp³-hybridized carbons (Fsp3) is 0.688. The van der Waals surface area contributed by atoms with E-state index >= 15 is 0 Å². The molecule has 0 bridgehead atoms. The maximum atomic E-state index is 12.7. The molecule has 2 aliphatic rings. The van der Waals surface area contributed by atoms with Crippen LogP contribution in [0.1, 0.15) is 18.5 Å². The summed E-state index contributed by atoms with van der Waals surface area (Å²) < 4.78 is 67.4. The summed E-state index contributed by atoms with van der Waals surface area (Å²) in [5.41, 5.74) is -4.95. The first-order valence-electron chi connectivity index (χ1n) is 8.39. The van der Waals surface area contributed by atoms with Crippen LogP contribution in [0.4, 0.5) is 13.2 Å². The fourth-order valence-electron chi connectivity index (χ4n) is 3.66. The molecule has 1 aromatic heterocycles. The van der Waals surface area contributed by atoms with Crippen molar-refractivity contribution >= 4 is 10.0 Å².